The number of nitrogens with zero attached hydrogens (tertiary/aromatic N) is 1. The molecule has 0 heterocycles. The Kier molecular flexibility index (Phi) is 4.37. The fraction of sp³-hybridized carbons (Fsp3) is 0.462. The highest BCUT2D eigenvalue weighted by Crippen LogP contribution is 2.23. The van der Waals surface area contributed by atoms with E-state index >= 15 is 0 Å². The Bertz CT molecular complexity index is 402. The molecule has 0 radical (unpaired) electrons. The van der Waals surface area contributed by atoms with E-state index < -0.39 is 5.97 Å². The summed E-state index contributed by atoms with van der Waals surface area (Å²) in [7, 11) is 1.36. The van der Waals surface area contributed by atoms with Gasteiger partial charge < -0.3 is 15.4 Å². The van der Waals surface area contributed by atoms with Crippen LogP contribution in [0.3, 0.4) is 0 Å². The van der Waals surface area contributed by atoms with E-state index in [1.165, 1.54) is 7.11 Å². The lowest BCUT2D eigenvalue weighted by molar-refractivity contribution is 0.0602. The number of benzene rings is 1. The van der Waals surface area contributed by atoms with Gasteiger partial charge in [-0.2, -0.15) is 0 Å². The first kappa shape index (κ1) is 13.4. The Morgan fingerprint density at radius 1 is 1.47 bits per heavy atom. The number of methoxy groups -OCH3 is 1. The predicted octanol–water partition coefficient (Wildman–Crippen LogP) is 2.29. The number of carbonyl (C=O) groups excluding carboxylic acids is 1. The zero-order valence-electron chi connectivity index (χ0n) is 10.9. The van der Waals surface area contributed by atoms with Crippen molar-refractivity contribution in [3.8, 4) is 0 Å². The minimum absolute atomic E-state index is 0.370. The van der Waals surface area contributed by atoms with Gasteiger partial charge in [0.05, 0.1) is 12.7 Å². The Hall–Kier alpha value is -1.71. The molecule has 1 aromatic rings. The van der Waals surface area contributed by atoms with Gasteiger partial charge in [0.15, 0.2) is 0 Å². The lowest BCUT2D eigenvalue weighted by atomic mass is 10.1. The summed E-state index contributed by atoms with van der Waals surface area (Å²) < 4.78 is 4.71. The van der Waals surface area contributed by atoms with Crippen molar-refractivity contribution < 1.29 is 9.53 Å². The molecule has 0 aliphatic heterocycles. The molecule has 0 amide bonds. The molecule has 0 aliphatic carbocycles. The van der Waals surface area contributed by atoms with E-state index in [0.29, 0.717) is 17.3 Å². The molecular weight excluding hydrogens is 216 g/mol. The SMILES string of the molecule is CCN(c1ccc(N)c(C(=O)OC)c1)C(C)C. The van der Waals surface area contributed by atoms with E-state index in [-0.39, 0.29) is 0 Å². The molecule has 94 valence electrons. The van der Waals surface area contributed by atoms with Gasteiger partial charge in [-0.25, -0.2) is 4.79 Å². The Labute approximate surface area is 102 Å². The maximum Gasteiger partial charge on any atom is 0.340 e. The molecule has 0 saturated heterocycles. The fourth-order valence-corrected chi connectivity index (χ4v) is 1.86. The average molecular weight is 236 g/mol. The number of esters is 1. The summed E-state index contributed by atoms with van der Waals surface area (Å²) in [4.78, 5) is 13.7. The quantitative estimate of drug-likeness (QED) is 0.643. The van der Waals surface area contributed by atoms with Crippen LogP contribution in [0.5, 0.6) is 0 Å². The molecule has 0 saturated carbocycles. The number of carbonyl (C=O) groups is 1. The first-order valence-electron chi connectivity index (χ1n) is 5.75. The summed E-state index contributed by atoms with van der Waals surface area (Å²) >= 11 is 0. The van der Waals surface area contributed by atoms with Crippen molar-refractivity contribution in [1.29, 1.82) is 0 Å². The van der Waals surface area contributed by atoms with E-state index in [1.54, 1.807) is 12.1 Å². The fourth-order valence-electron chi connectivity index (χ4n) is 1.86. The molecule has 0 fully saturated rings. The maximum atomic E-state index is 11.5. The smallest absolute Gasteiger partial charge is 0.340 e. The second-order valence-corrected chi connectivity index (χ2v) is 4.14. The third-order valence-corrected chi connectivity index (χ3v) is 2.74. The van der Waals surface area contributed by atoms with Crippen LogP contribution in [0.4, 0.5) is 11.4 Å². The van der Waals surface area contributed by atoms with E-state index in [9.17, 15) is 4.79 Å². The first-order chi connectivity index (χ1) is 8.01. The number of nitrogens with two attached hydrogens (primary N) is 1. The van der Waals surface area contributed by atoms with Crippen LogP contribution >= 0.6 is 0 Å². The number of rotatable bonds is 4. The minimum atomic E-state index is -0.399. The van der Waals surface area contributed by atoms with Crippen LogP contribution in [0.2, 0.25) is 0 Å². The van der Waals surface area contributed by atoms with Crippen LogP contribution in [-0.4, -0.2) is 25.7 Å². The van der Waals surface area contributed by atoms with Crippen LogP contribution in [0, 0.1) is 0 Å². The molecule has 2 N–H and O–H groups in total. The second kappa shape index (κ2) is 5.57. The van der Waals surface area contributed by atoms with Crippen LogP contribution < -0.4 is 10.6 Å². The number of nitrogen functional groups attached to an aromatic ring is 1. The van der Waals surface area contributed by atoms with Crippen molar-refractivity contribution in [2.24, 2.45) is 0 Å². The van der Waals surface area contributed by atoms with Crippen molar-refractivity contribution in [2.45, 2.75) is 26.8 Å². The molecule has 0 aromatic heterocycles. The third kappa shape index (κ3) is 2.90. The van der Waals surface area contributed by atoms with Crippen molar-refractivity contribution in [1.82, 2.24) is 0 Å². The Morgan fingerprint density at radius 2 is 2.12 bits per heavy atom. The van der Waals surface area contributed by atoms with Crippen LogP contribution in [0.25, 0.3) is 0 Å². The van der Waals surface area contributed by atoms with Gasteiger partial charge in [0.1, 0.15) is 0 Å². The van der Waals surface area contributed by atoms with Gasteiger partial charge in [0.25, 0.3) is 0 Å². The topological polar surface area (TPSA) is 55.6 Å². The van der Waals surface area contributed by atoms with E-state index in [2.05, 4.69) is 25.7 Å². The predicted molar refractivity (Wildman–Crippen MR) is 70.3 cm³/mol. The monoisotopic (exact) mass is 236 g/mol. The molecule has 1 aromatic carbocycles. The highest BCUT2D eigenvalue weighted by atomic mass is 16.5. The van der Waals surface area contributed by atoms with Crippen molar-refractivity contribution >= 4 is 17.3 Å². The van der Waals surface area contributed by atoms with Crippen molar-refractivity contribution in [3.63, 3.8) is 0 Å². The standard InChI is InChI=1S/C13H20N2O2/c1-5-15(9(2)3)10-6-7-12(14)11(8-10)13(16)17-4/h6-9H,5,14H2,1-4H3. The maximum absolute atomic E-state index is 11.5. The van der Waals surface area contributed by atoms with Gasteiger partial charge >= 0.3 is 5.97 Å². The lowest BCUT2D eigenvalue weighted by Gasteiger charge is -2.28. The first-order valence-corrected chi connectivity index (χ1v) is 5.75. The molecule has 0 spiro atoms. The summed E-state index contributed by atoms with van der Waals surface area (Å²) in [5.41, 5.74) is 7.61. The van der Waals surface area contributed by atoms with Gasteiger partial charge in [-0.1, -0.05) is 0 Å². The van der Waals surface area contributed by atoms with Crippen molar-refractivity contribution in [3.05, 3.63) is 23.8 Å². The molecule has 1 rings (SSSR count). The highest BCUT2D eigenvalue weighted by molar-refractivity contribution is 5.96. The molecule has 4 heteroatoms. The third-order valence-electron chi connectivity index (χ3n) is 2.74. The molecule has 17 heavy (non-hydrogen) atoms. The largest absolute Gasteiger partial charge is 0.465 e. The zero-order chi connectivity index (χ0) is 13.0. The second-order valence-electron chi connectivity index (χ2n) is 4.14. The summed E-state index contributed by atoms with van der Waals surface area (Å²) in [5, 5.41) is 0. The summed E-state index contributed by atoms with van der Waals surface area (Å²) in [6.45, 7) is 7.17. The number of ether oxygens (including phenoxy) is 1. The van der Waals surface area contributed by atoms with Crippen LogP contribution in [0.15, 0.2) is 18.2 Å². The molecule has 0 unspecified atom stereocenters. The lowest BCUT2D eigenvalue weighted by Crippen LogP contribution is -2.30. The zero-order valence-corrected chi connectivity index (χ0v) is 10.9. The van der Waals surface area contributed by atoms with E-state index in [1.807, 2.05) is 6.07 Å². The summed E-state index contributed by atoms with van der Waals surface area (Å²) in [5.74, 6) is -0.399. The van der Waals surface area contributed by atoms with Gasteiger partial charge in [0.2, 0.25) is 0 Å². The number of hydrogen-bond acceptors (Lipinski definition) is 4. The Balaban J connectivity index is 3.15. The molecule has 0 atom stereocenters. The minimum Gasteiger partial charge on any atom is -0.465 e. The van der Waals surface area contributed by atoms with Gasteiger partial charge in [-0.05, 0) is 39.0 Å². The molecular formula is C13H20N2O2. The van der Waals surface area contributed by atoms with Crippen molar-refractivity contribution in [2.75, 3.05) is 24.3 Å². The van der Waals surface area contributed by atoms with E-state index in [4.69, 9.17) is 10.5 Å². The van der Waals surface area contributed by atoms with Crippen LogP contribution in [-0.2, 0) is 4.74 Å². The molecule has 4 nitrogen and oxygen atoms in total. The molecule has 0 bridgehead atoms. The average Bonchev–Trinajstić information content (AvgIpc) is 2.30. The Morgan fingerprint density at radius 3 is 2.59 bits per heavy atom. The highest BCUT2D eigenvalue weighted by Gasteiger charge is 2.14. The number of hydrogen-bond donors (Lipinski definition) is 1. The van der Waals surface area contributed by atoms with E-state index in [0.717, 1.165) is 12.2 Å². The summed E-state index contributed by atoms with van der Waals surface area (Å²) in [6.07, 6.45) is 0. The van der Waals surface area contributed by atoms with Gasteiger partial charge in [-0.3, -0.25) is 0 Å². The molecule has 0 aliphatic rings. The number of anilines is 2. The van der Waals surface area contributed by atoms with Gasteiger partial charge in [0, 0.05) is 24.0 Å². The summed E-state index contributed by atoms with van der Waals surface area (Å²) in [6, 6.07) is 5.82. The normalized spacial score (nSPS) is 10.4. The van der Waals surface area contributed by atoms with Crippen LogP contribution in [0.1, 0.15) is 31.1 Å². The van der Waals surface area contributed by atoms with Gasteiger partial charge in [-0.15, -0.1) is 0 Å².